The number of esters is 1. The predicted molar refractivity (Wildman–Crippen MR) is 77.8 cm³/mol. The molecule has 1 unspecified atom stereocenters. The van der Waals surface area contributed by atoms with E-state index in [1.54, 1.807) is 6.92 Å². The lowest BCUT2D eigenvalue weighted by Crippen LogP contribution is -2.24. The van der Waals surface area contributed by atoms with Gasteiger partial charge in [0.2, 0.25) is 0 Å². The third kappa shape index (κ3) is 9.93. The quantitative estimate of drug-likeness (QED) is 0.434. The summed E-state index contributed by atoms with van der Waals surface area (Å²) in [6, 6.07) is 0. The fourth-order valence-electron chi connectivity index (χ4n) is 2.01. The summed E-state index contributed by atoms with van der Waals surface area (Å²) in [6.07, 6.45) is 7.66. The molecule has 0 aliphatic carbocycles. The molecule has 0 heterocycles. The molecular weight excluding hydrogens is 264 g/mol. The Labute approximate surface area is 117 Å². The second kappa shape index (κ2) is 10.2. The van der Waals surface area contributed by atoms with Gasteiger partial charge in [0.1, 0.15) is 0 Å². The van der Waals surface area contributed by atoms with Gasteiger partial charge in [-0.1, -0.05) is 52.4 Å². The topological polar surface area (TPSA) is 60.4 Å². The first-order valence-corrected chi connectivity index (χ1v) is 9.03. The minimum atomic E-state index is -3.13. The number of hydrogen-bond acceptors (Lipinski definition) is 4. The Morgan fingerprint density at radius 2 is 1.58 bits per heavy atom. The molecule has 5 heteroatoms. The highest BCUT2D eigenvalue weighted by Gasteiger charge is 2.21. The molecule has 0 aliphatic rings. The Bertz CT molecular complexity index is 335. The molecule has 0 aromatic heterocycles. The number of rotatable bonds is 11. The summed E-state index contributed by atoms with van der Waals surface area (Å²) in [5.74, 6) is -0.944. The molecular formula is C14H28O4S. The van der Waals surface area contributed by atoms with Crippen LogP contribution in [0.1, 0.15) is 58.8 Å². The zero-order chi connectivity index (χ0) is 14.7. The van der Waals surface area contributed by atoms with E-state index in [0.29, 0.717) is 6.42 Å². The Morgan fingerprint density at radius 1 is 1.05 bits per heavy atom. The van der Waals surface area contributed by atoms with E-state index in [0.717, 1.165) is 12.8 Å². The maximum absolute atomic E-state index is 11.8. The van der Waals surface area contributed by atoms with E-state index in [2.05, 4.69) is 11.7 Å². The normalized spacial score (nSPS) is 13.2. The highest BCUT2D eigenvalue weighted by Crippen LogP contribution is 2.10. The maximum Gasteiger partial charge on any atom is 0.309 e. The molecule has 0 aromatic carbocycles. The van der Waals surface area contributed by atoms with E-state index in [4.69, 9.17) is 0 Å². The van der Waals surface area contributed by atoms with Gasteiger partial charge in [-0.25, -0.2) is 8.42 Å². The van der Waals surface area contributed by atoms with Gasteiger partial charge in [0.05, 0.1) is 24.5 Å². The molecule has 0 saturated carbocycles. The molecule has 0 N–H and O–H groups in total. The van der Waals surface area contributed by atoms with Crippen molar-refractivity contribution < 1.29 is 17.9 Å². The van der Waals surface area contributed by atoms with Crippen LogP contribution in [0.4, 0.5) is 0 Å². The van der Waals surface area contributed by atoms with E-state index >= 15 is 0 Å². The molecule has 1 atom stereocenters. The van der Waals surface area contributed by atoms with E-state index in [9.17, 15) is 13.2 Å². The molecule has 0 rings (SSSR count). The number of methoxy groups -OCH3 is 1. The van der Waals surface area contributed by atoms with Crippen LogP contribution in [0.3, 0.4) is 0 Å². The third-order valence-electron chi connectivity index (χ3n) is 3.17. The van der Waals surface area contributed by atoms with Gasteiger partial charge < -0.3 is 4.74 Å². The van der Waals surface area contributed by atoms with Crippen LogP contribution in [-0.2, 0) is 19.4 Å². The first-order valence-electron chi connectivity index (χ1n) is 7.21. The standard InChI is InChI=1S/C14H28O4S/c1-4-5-6-7-8-9-10-11-19(16,17)12-13(2)14(15)18-3/h13H,4-12H2,1-3H3. The summed E-state index contributed by atoms with van der Waals surface area (Å²) in [7, 11) is -1.85. The van der Waals surface area contributed by atoms with Gasteiger partial charge in [-0.05, 0) is 6.42 Å². The Morgan fingerprint density at radius 3 is 2.11 bits per heavy atom. The van der Waals surface area contributed by atoms with Crippen molar-refractivity contribution in [3.8, 4) is 0 Å². The first kappa shape index (κ1) is 18.4. The second-order valence-corrected chi connectivity index (χ2v) is 7.39. The summed E-state index contributed by atoms with van der Waals surface area (Å²) in [5.41, 5.74) is 0. The van der Waals surface area contributed by atoms with Crippen LogP contribution in [0.5, 0.6) is 0 Å². The van der Waals surface area contributed by atoms with Gasteiger partial charge in [-0.15, -0.1) is 0 Å². The van der Waals surface area contributed by atoms with Crippen LogP contribution in [0, 0.1) is 5.92 Å². The van der Waals surface area contributed by atoms with Gasteiger partial charge in [0, 0.05) is 0 Å². The molecule has 0 saturated heterocycles. The minimum Gasteiger partial charge on any atom is -0.469 e. The molecule has 4 nitrogen and oxygen atoms in total. The Balaban J connectivity index is 3.76. The van der Waals surface area contributed by atoms with E-state index in [1.165, 1.54) is 32.8 Å². The highest BCUT2D eigenvalue weighted by atomic mass is 32.2. The summed E-state index contributed by atoms with van der Waals surface area (Å²) in [4.78, 5) is 11.2. The van der Waals surface area contributed by atoms with Gasteiger partial charge in [0.15, 0.2) is 9.84 Å². The van der Waals surface area contributed by atoms with Crippen LogP contribution in [0.25, 0.3) is 0 Å². The van der Waals surface area contributed by atoms with Crippen molar-refractivity contribution in [2.45, 2.75) is 58.8 Å². The SMILES string of the molecule is CCCCCCCCCS(=O)(=O)CC(C)C(=O)OC. The third-order valence-corrected chi connectivity index (χ3v) is 5.08. The lowest BCUT2D eigenvalue weighted by atomic mass is 10.1. The summed E-state index contributed by atoms with van der Waals surface area (Å²) >= 11 is 0. The lowest BCUT2D eigenvalue weighted by molar-refractivity contribution is -0.144. The zero-order valence-corrected chi connectivity index (χ0v) is 13.3. The fraction of sp³-hybridized carbons (Fsp3) is 0.929. The van der Waals surface area contributed by atoms with Gasteiger partial charge in [0.25, 0.3) is 0 Å². The van der Waals surface area contributed by atoms with Crippen molar-refractivity contribution >= 4 is 15.8 Å². The van der Waals surface area contributed by atoms with Crippen molar-refractivity contribution in [3.63, 3.8) is 0 Å². The lowest BCUT2D eigenvalue weighted by Gasteiger charge is -2.09. The summed E-state index contributed by atoms with van der Waals surface area (Å²) < 4.78 is 28.1. The molecule has 0 spiro atoms. The average Bonchev–Trinajstić information content (AvgIpc) is 2.36. The number of sulfone groups is 1. The molecule has 114 valence electrons. The van der Waals surface area contributed by atoms with E-state index in [-0.39, 0.29) is 11.5 Å². The van der Waals surface area contributed by atoms with Gasteiger partial charge in [-0.2, -0.15) is 0 Å². The van der Waals surface area contributed by atoms with Crippen LogP contribution >= 0.6 is 0 Å². The van der Waals surface area contributed by atoms with Crippen molar-refractivity contribution in [1.82, 2.24) is 0 Å². The van der Waals surface area contributed by atoms with Crippen molar-refractivity contribution in [3.05, 3.63) is 0 Å². The number of carbonyl (C=O) groups excluding carboxylic acids is 1. The molecule has 0 bridgehead atoms. The Hall–Kier alpha value is -0.580. The second-order valence-electron chi connectivity index (χ2n) is 5.16. The number of ether oxygens (including phenoxy) is 1. The first-order chi connectivity index (χ1) is 8.93. The number of carbonyl (C=O) groups is 1. The van der Waals surface area contributed by atoms with Crippen LogP contribution < -0.4 is 0 Å². The van der Waals surface area contributed by atoms with Gasteiger partial charge in [-0.3, -0.25) is 4.79 Å². The highest BCUT2D eigenvalue weighted by molar-refractivity contribution is 7.91. The smallest absolute Gasteiger partial charge is 0.309 e. The molecule has 0 aliphatic heterocycles. The summed E-state index contributed by atoms with van der Waals surface area (Å²) in [5, 5.41) is 0. The van der Waals surface area contributed by atoms with Crippen molar-refractivity contribution in [2.24, 2.45) is 5.92 Å². The van der Waals surface area contributed by atoms with Crippen molar-refractivity contribution in [1.29, 1.82) is 0 Å². The number of unbranched alkanes of at least 4 members (excludes halogenated alkanes) is 6. The zero-order valence-electron chi connectivity index (χ0n) is 12.5. The molecule has 19 heavy (non-hydrogen) atoms. The fourth-order valence-corrected chi connectivity index (χ4v) is 3.72. The van der Waals surface area contributed by atoms with Crippen LogP contribution in [0.15, 0.2) is 0 Å². The van der Waals surface area contributed by atoms with Crippen molar-refractivity contribution in [2.75, 3.05) is 18.6 Å². The van der Waals surface area contributed by atoms with E-state index in [1.807, 2.05) is 0 Å². The predicted octanol–water partition coefficient (Wildman–Crippen LogP) is 2.96. The van der Waals surface area contributed by atoms with E-state index < -0.39 is 21.7 Å². The van der Waals surface area contributed by atoms with Gasteiger partial charge >= 0.3 is 5.97 Å². The molecule has 0 amide bonds. The largest absolute Gasteiger partial charge is 0.469 e. The molecule has 0 fully saturated rings. The molecule has 0 aromatic rings. The summed E-state index contributed by atoms with van der Waals surface area (Å²) in [6.45, 7) is 3.77. The monoisotopic (exact) mass is 292 g/mol. The maximum atomic E-state index is 11.8. The Kier molecular flexibility index (Phi) is 9.92. The average molecular weight is 292 g/mol. The van der Waals surface area contributed by atoms with Crippen LogP contribution in [0.2, 0.25) is 0 Å². The number of hydrogen-bond donors (Lipinski definition) is 0. The molecule has 0 radical (unpaired) electrons. The van der Waals surface area contributed by atoms with Crippen LogP contribution in [-0.4, -0.2) is 33.0 Å². The minimum absolute atomic E-state index is 0.102.